The van der Waals surface area contributed by atoms with Gasteiger partial charge in [0.05, 0.1) is 14.2 Å². The van der Waals surface area contributed by atoms with Crippen LogP contribution in [0.5, 0.6) is 5.75 Å². The Labute approximate surface area is 115 Å². The zero-order valence-corrected chi connectivity index (χ0v) is 11.2. The lowest BCUT2D eigenvalue weighted by molar-refractivity contribution is 0.0975. The molecule has 0 radical (unpaired) electrons. The van der Waals surface area contributed by atoms with E-state index in [0.717, 1.165) is 0 Å². The van der Waals surface area contributed by atoms with Crippen LogP contribution in [0.25, 0.3) is 0 Å². The van der Waals surface area contributed by atoms with Gasteiger partial charge in [-0.3, -0.25) is 15.5 Å². The van der Waals surface area contributed by atoms with E-state index in [2.05, 4.69) is 20.9 Å². The third-order valence-corrected chi connectivity index (χ3v) is 2.25. The molecule has 0 aliphatic heterocycles. The minimum atomic E-state index is -0.721. The summed E-state index contributed by atoms with van der Waals surface area (Å²) in [5.74, 6) is 0.233. The van der Waals surface area contributed by atoms with E-state index in [9.17, 15) is 9.59 Å². The van der Waals surface area contributed by atoms with Crippen molar-refractivity contribution >= 4 is 29.3 Å². The van der Waals surface area contributed by atoms with E-state index in [1.54, 1.807) is 24.3 Å². The van der Waals surface area contributed by atoms with Gasteiger partial charge in [-0.2, -0.15) is 0 Å². The smallest absolute Gasteiger partial charge is 0.425 e. The molecular formula is C11H13N3O4S. The molecule has 0 heterocycles. The van der Waals surface area contributed by atoms with E-state index in [4.69, 9.17) is 17.0 Å². The third-order valence-electron chi connectivity index (χ3n) is 2.04. The van der Waals surface area contributed by atoms with Crippen molar-refractivity contribution in [2.45, 2.75) is 0 Å². The van der Waals surface area contributed by atoms with Crippen molar-refractivity contribution in [3.63, 3.8) is 0 Å². The van der Waals surface area contributed by atoms with Crippen molar-refractivity contribution in [1.29, 1.82) is 0 Å². The zero-order valence-electron chi connectivity index (χ0n) is 10.4. The summed E-state index contributed by atoms with van der Waals surface area (Å²) >= 11 is 4.81. The number of hydrogen-bond acceptors (Lipinski definition) is 5. The first-order chi connectivity index (χ1) is 9.06. The number of carbonyl (C=O) groups excluding carboxylic acids is 2. The Morgan fingerprint density at radius 3 is 2.26 bits per heavy atom. The van der Waals surface area contributed by atoms with Gasteiger partial charge in [0, 0.05) is 5.56 Å². The Morgan fingerprint density at radius 1 is 1.11 bits per heavy atom. The average Bonchev–Trinajstić information content (AvgIpc) is 2.44. The molecule has 102 valence electrons. The molecule has 0 aliphatic carbocycles. The molecule has 1 aromatic carbocycles. The van der Waals surface area contributed by atoms with Crippen LogP contribution in [0.2, 0.25) is 0 Å². The quantitative estimate of drug-likeness (QED) is 0.543. The maximum atomic E-state index is 11.7. The van der Waals surface area contributed by atoms with E-state index in [-0.39, 0.29) is 5.11 Å². The molecule has 7 nitrogen and oxygen atoms in total. The normalized spacial score (nSPS) is 9.16. The minimum absolute atomic E-state index is 0.0498. The number of thiocarbonyl (C=S) groups is 1. The van der Waals surface area contributed by atoms with Gasteiger partial charge in [0.25, 0.3) is 5.91 Å². The van der Waals surface area contributed by atoms with E-state index in [1.165, 1.54) is 14.2 Å². The second kappa shape index (κ2) is 7.17. The molecular weight excluding hydrogens is 270 g/mol. The highest BCUT2D eigenvalue weighted by Crippen LogP contribution is 2.10. The Hall–Kier alpha value is -2.35. The fraction of sp³-hybridized carbons (Fsp3) is 0.182. The van der Waals surface area contributed by atoms with Crippen molar-refractivity contribution < 1.29 is 19.1 Å². The Balaban J connectivity index is 2.49. The Kier molecular flexibility index (Phi) is 5.55. The second-order valence-corrected chi connectivity index (χ2v) is 3.66. The first-order valence-electron chi connectivity index (χ1n) is 5.16. The summed E-state index contributed by atoms with van der Waals surface area (Å²) in [6.45, 7) is 0. The summed E-state index contributed by atoms with van der Waals surface area (Å²) in [6.07, 6.45) is -0.721. The topological polar surface area (TPSA) is 88.7 Å². The van der Waals surface area contributed by atoms with Gasteiger partial charge in [-0.05, 0) is 36.5 Å². The standard InChI is InChI=1S/C11H13N3O4S/c1-17-8-5-3-7(4-6-8)9(15)12-10(19)13-14-11(16)18-2/h3-6H,1-2H3,(H,14,16)(H2,12,13,15,19). The van der Waals surface area contributed by atoms with Gasteiger partial charge in [0.15, 0.2) is 5.11 Å². The molecule has 0 atom stereocenters. The molecule has 0 spiro atoms. The molecule has 19 heavy (non-hydrogen) atoms. The van der Waals surface area contributed by atoms with Crippen LogP contribution in [0.15, 0.2) is 24.3 Å². The van der Waals surface area contributed by atoms with Crippen molar-refractivity contribution in [2.75, 3.05) is 14.2 Å². The number of hydrogen-bond donors (Lipinski definition) is 3. The molecule has 2 amide bonds. The summed E-state index contributed by atoms with van der Waals surface area (Å²) in [5.41, 5.74) is 4.83. The molecule has 0 saturated carbocycles. The second-order valence-electron chi connectivity index (χ2n) is 3.25. The molecule has 0 bridgehead atoms. The highest BCUT2D eigenvalue weighted by Gasteiger charge is 2.08. The highest BCUT2D eigenvalue weighted by atomic mass is 32.1. The predicted octanol–water partition coefficient (Wildman–Crippen LogP) is 0.570. The van der Waals surface area contributed by atoms with Gasteiger partial charge in [-0.25, -0.2) is 10.2 Å². The minimum Gasteiger partial charge on any atom is -0.497 e. The van der Waals surface area contributed by atoms with Gasteiger partial charge in [-0.1, -0.05) is 0 Å². The number of carbonyl (C=O) groups is 2. The van der Waals surface area contributed by atoms with Crippen molar-refractivity contribution in [1.82, 2.24) is 16.2 Å². The molecule has 1 aromatic rings. The number of hydrazine groups is 1. The molecule has 0 aliphatic rings. The van der Waals surface area contributed by atoms with Crippen molar-refractivity contribution in [3.8, 4) is 5.75 Å². The van der Waals surface area contributed by atoms with Crippen molar-refractivity contribution in [3.05, 3.63) is 29.8 Å². The van der Waals surface area contributed by atoms with E-state index < -0.39 is 12.0 Å². The van der Waals surface area contributed by atoms with Crippen LogP contribution in [0.3, 0.4) is 0 Å². The lowest BCUT2D eigenvalue weighted by Crippen LogP contribution is -2.48. The SMILES string of the molecule is COC(=O)NNC(=S)NC(=O)c1ccc(OC)cc1. The van der Waals surface area contributed by atoms with Crippen LogP contribution >= 0.6 is 12.2 Å². The number of nitrogens with one attached hydrogen (secondary N) is 3. The number of methoxy groups -OCH3 is 2. The molecule has 8 heteroatoms. The largest absolute Gasteiger partial charge is 0.497 e. The molecule has 3 N–H and O–H groups in total. The Morgan fingerprint density at radius 2 is 1.74 bits per heavy atom. The Bertz CT molecular complexity index is 475. The number of benzene rings is 1. The van der Waals surface area contributed by atoms with Crippen LogP contribution in [0.1, 0.15) is 10.4 Å². The number of rotatable bonds is 2. The zero-order chi connectivity index (χ0) is 14.3. The monoisotopic (exact) mass is 283 g/mol. The first-order valence-corrected chi connectivity index (χ1v) is 5.57. The van der Waals surface area contributed by atoms with Gasteiger partial charge in [0.2, 0.25) is 0 Å². The average molecular weight is 283 g/mol. The molecule has 0 saturated heterocycles. The molecule has 1 rings (SSSR count). The maximum absolute atomic E-state index is 11.7. The predicted molar refractivity (Wildman–Crippen MR) is 71.7 cm³/mol. The number of amides is 2. The summed E-state index contributed by atoms with van der Waals surface area (Å²) in [4.78, 5) is 22.5. The van der Waals surface area contributed by atoms with Gasteiger partial charge >= 0.3 is 6.09 Å². The number of ether oxygens (including phenoxy) is 2. The maximum Gasteiger partial charge on any atom is 0.425 e. The summed E-state index contributed by atoms with van der Waals surface area (Å²) < 4.78 is 9.29. The van der Waals surface area contributed by atoms with Crippen LogP contribution < -0.4 is 20.9 Å². The van der Waals surface area contributed by atoms with Crippen LogP contribution in [-0.2, 0) is 4.74 Å². The highest BCUT2D eigenvalue weighted by molar-refractivity contribution is 7.80. The van der Waals surface area contributed by atoms with E-state index >= 15 is 0 Å². The third kappa shape index (κ3) is 4.80. The van der Waals surface area contributed by atoms with E-state index in [0.29, 0.717) is 11.3 Å². The fourth-order valence-electron chi connectivity index (χ4n) is 1.11. The summed E-state index contributed by atoms with van der Waals surface area (Å²) in [6, 6.07) is 6.48. The molecule has 0 aromatic heterocycles. The van der Waals surface area contributed by atoms with Gasteiger partial charge < -0.3 is 9.47 Å². The van der Waals surface area contributed by atoms with Crippen LogP contribution in [0, 0.1) is 0 Å². The molecule has 0 unspecified atom stereocenters. The first kappa shape index (κ1) is 14.7. The van der Waals surface area contributed by atoms with Gasteiger partial charge in [-0.15, -0.1) is 0 Å². The lowest BCUT2D eigenvalue weighted by atomic mass is 10.2. The summed E-state index contributed by atoms with van der Waals surface area (Å²) in [7, 11) is 2.74. The lowest BCUT2D eigenvalue weighted by Gasteiger charge is -2.09. The fourth-order valence-corrected chi connectivity index (χ4v) is 1.25. The summed E-state index contributed by atoms with van der Waals surface area (Å²) in [5, 5.41) is 2.33. The van der Waals surface area contributed by atoms with Gasteiger partial charge in [0.1, 0.15) is 5.75 Å². The molecule has 0 fully saturated rings. The van der Waals surface area contributed by atoms with Crippen LogP contribution in [0.4, 0.5) is 4.79 Å². The van der Waals surface area contributed by atoms with Crippen molar-refractivity contribution in [2.24, 2.45) is 0 Å². The van der Waals surface area contributed by atoms with E-state index in [1.807, 2.05) is 0 Å². The van der Waals surface area contributed by atoms with Crippen LogP contribution in [-0.4, -0.2) is 31.3 Å².